The first-order valence-corrected chi connectivity index (χ1v) is 7.90. The maximum Gasteiger partial charge on any atom is 0.306 e. The normalized spacial score (nSPS) is 11.3. The molecule has 0 heterocycles. The van der Waals surface area contributed by atoms with Gasteiger partial charge < -0.3 is 10.5 Å². The highest BCUT2D eigenvalue weighted by Crippen LogP contribution is 2.26. The second kappa shape index (κ2) is 6.78. The van der Waals surface area contributed by atoms with Crippen molar-refractivity contribution in [3.63, 3.8) is 0 Å². The van der Waals surface area contributed by atoms with Gasteiger partial charge in [-0.15, -0.1) is 11.8 Å². The number of sulfonamides is 1. The molecule has 0 spiro atoms. The smallest absolute Gasteiger partial charge is 0.306 e. The molecule has 1 rings (SSSR count). The van der Waals surface area contributed by atoms with E-state index in [2.05, 4.69) is 9.46 Å². The summed E-state index contributed by atoms with van der Waals surface area (Å²) in [5.74, 6) is 0.263. The maximum atomic E-state index is 11.6. The topological polar surface area (TPSA) is 98.5 Å². The molecule has 8 heteroatoms. The van der Waals surface area contributed by atoms with Crippen LogP contribution >= 0.6 is 11.8 Å². The van der Waals surface area contributed by atoms with Crippen LogP contribution in [-0.2, 0) is 19.6 Å². The van der Waals surface area contributed by atoms with Gasteiger partial charge in [0.1, 0.15) is 4.90 Å². The van der Waals surface area contributed by atoms with E-state index in [-0.39, 0.29) is 23.0 Å². The summed E-state index contributed by atoms with van der Waals surface area (Å²) in [6.45, 7) is 0. The summed E-state index contributed by atoms with van der Waals surface area (Å²) >= 11 is 1.41. The largest absolute Gasteiger partial charge is 0.469 e. The summed E-state index contributed by atoms with van der Waals surface area (Å²) in [5, 5.41) is 0. The van der Waals surface area contributed by atoms with E-state index < -0.39 is 10.0 Å². The van der Waals surface area contributed by atoms with E-state index >= 15 is 0 Å². The zero-order valence-corrected chi connectivity index (χ0v) is 12.3. The molecule has 0 saturated heterocycles. The van der Waals surface area contributed by atoms with Gasteiger partial charge in [0.25, 0.3) is 0 Å². The van der Waals surface area contributed by atoms with Gasteiger partial charge in [0, 0.05) is 10.6 Å². The third kappa shape index (κ3) is 4.41. The van der Waals surface area contributed by atoms with E-state index in [4.69, 9.17) is 5.73 Å². The molecule has 106 valence electrons. The zero-order chi connectivity index (χ0) is 14.5. The number of rotatable bonds is 6. The van der Waals surface area contributed by atoms with Crippen molar-refractivity contribution in [3.8, 4) is 0 Å². The van der Waals surface area contributed by atoms with Crippen LogP contribution in [0.4, 0.5) is 5.69 Å². The van der Waals surface area contributed by atoms with Crippen LogP contribution in [0.3, 0.4) is 0 Å². The van der Waals surface area contributed by atoms with Crippen molar-refractivity contribution >= 4 is 33.4 Å². The van der Waals surface area contributed by atoms with Crippen molar-refractivity contribution in [2.75, 3.05) is 25.6 Å². The number of esters is 1. The van der Waals surface area contributed by atoms with Gasteiger partial charge in [-0.05, 0) is 25.2 Å². The summed E-state index contributed by atoms with van der Waals surface area (Å²) in [7, 11) is -0.879. The Morgan fingerprint density at radius 1 is 1.47 bits per heavy atom. The third-order valence-electron chi connectivity index (χ3n) is 2.34. The second-order valence-corrected chi connectivity index (χ2v) is 6.61. The lowest BCUT2D eigenvalue weighted by molar-refractivity contribution is -0.140. The molecule has 0 radical (unpaired) electrons. The van der Waals surface area contributed by atoms with Crippen molar-refractivity contribution < 1.29 is 17.9 Å². The van der Waals surface area contributed by atoms with Gasteiger partial charge in [0.15, 0.2) is 0 Å². The fourth-order valence-corrected chi connectivity index (χ4v) is 3.04. The number of methoxy groups -OCH3 is 1. The number of carbonyl (C=O) groups excluding carboxylic acids is 1. The van der Waals surface area contributed by atoms with Crippen molar-refractivity contribution in [2.45, 2.75) is 16.2 Å². The first-order valence-electron chi connectivity index (χ1n) is 5.43. The predicted octanol–water partition coefficient (Wildman–Crippen LogP) is 0.832. The zero-order valence-electron chi connectivity index (χ0n) is 10.7. The van der Waals surface area contributed by atoms with E-state index in [1.807, 2.05) is 0 Å². The van der Waals surface area contributed by atoms with E-state index in [0.717, 1.165) is 4.90 Å². The summed E-state index contributed by atoms with van der Waals surface area (Å²) < 4.78 is 30.0. The molecule has 1 aromatic rings. The summed E-state index contributed by atoms with van der Waals surface area (Å²) in [6, 6.07) is 4.68. The minimum atomic E-state index is -3.54. The number of carbonyl (C=O) groups is 1. The van der Waals surface area contributed by atoms with Crippen LogP contribution in [0.25, 0.3) is 0 Å². The highest BCUT2D eigenvalue weighted by Gasteiger charge is 2.15. The van der Waals surface area contributed by atoms with Crippen LogP contribution in [0.5, 0.6) is 0 Å². The van der Waals surface area contributed by atoms with Crippen molar-refractivity contribution in [1.29, 1.82) is 0 Å². The highest BCUT2D eigenvalue weighted by molar-refractivity contribution is 7.99. The van der Waals surface area contributed by atoms with Gasteiger partial charge in [-0.1, -0.05) is 0 Å². The Morgan fingerprint density at radius 2 is 2.16 bits per heavy atom. The van der Waals surface area contributed by atoms with Crippen molar-refractivity contribution in [3.05, 3.63) is 18.2 Å². The van der Waals surface area contributed by atoms with Gasteiger partial charge >= 0.3 is 5.97 Å². The molecule has 0 fully saturated rings. The summed E-state index contributed by atoms with van der Waals surface area (Å²) in [4.78, 5) is 11.8. The van der Waals surface area contributed by atoms with Crippen LogP contribution in [0, 0.1) is 0 Å². The molecule has 0 bridgehead atoms. The fourth-order valence-electron chi connectivity index (χ4n) is 1.33. The van der Waals surface area contributed by atoms with Gasteiger partial charge in [0.2, 0.25) is 10.0 Å². The molecule has 0 aliphatic carbocycles. The van der Waals surface area contributed by atoms with Gasteiger partial charge in [0.05, 0.1) is 19.2 Å². The average Bonchev–Trinajstić information content (AvgIpc) is 2.38. The number of anilines is 1. The molecule has 0 unspecified atom stereocenters. The van der Waals surface area contributed by atoms with E-state index in [1.54, 1.807) is 12.1 Å². The Morgan fingerprint density at radius 3 is 2.68 bits per heavy atom. The number of benzene rings is 1. The monoisotopic (exact) mass is 304 g/mol. The van der Waals surface area contributed by atoms with Gasteiger partial charge in [-0.2, -0.15) is 0 Å². The van der Waals surface area contributed by atoms with Crippen LogP contribution in [-0.4, -0.2) is 34.3 Å². The molecule has 6 nitrogen and oxygen atoms in total. The summed E-state index contributed by atoms with van der Waals surface area (Å²) in [5.41, 5.74) is 5.89. The second-order valence-electron chi connectivity index (χ2n) is 3.58. The first kappa shape index (κ1) is 15.8. The lowest BCUT2D eigenvalue weighted by atomic mass is 10.3. The van der Waals surface area contributed by atoms with Gasteiger partial charge in [-0.3, -0.25) is 4.79 Å². The molecule has 1 aromatic carbocycles. The Hall–Kier alpha value is -1.25. The minimum absolute atomic E-state index is 0.0484. The predicted molar refractivity (Wildman–Crippen MR) is 74.5 cm³/mol. The number of hydrogen-bond acceptors (Lipinski definition) is 6. The molecule has 0 aliphatic rings. The fraction of sp³-hybridized carbons (Fsp3) is 0.364. The van der Waals surface area contributed by atoms with Crippen molar-refractivity contribution in [1.82, 2.24) is 4.72 Å². The third-order valence-corrected chi connectivity index (χ3v) is 4.83. The molecule has 19 heavy (non-hydrogen) atoms. The number of nitrogens with two attached hydrogens (primary N) is 1. The molecule has 0 aliphatic heterocycles. The molecule has 3 N–H and O–H groups in total. The lowest BCUT2D eigenvalue weighted by Gasteiger charge is -2.08. The standard InChI is InChI=1S/C11H16N2O4S2/c1-13-19(15,16)10-4-3-8(7-9(10)12)18-6-5-11(14)17-2/h3-4,7,13H,5-6,12H2,1-2H3. The Labute approximate surface area is 116 Å². The molecule has 0 aromatic heterocycles. The molecule has 0 atom stereocenters. The number of nitrogens with one attached hydrogen (secondary N) is 1. The highest BCUT2D eigenvalue weighted by atomic mass is 32.2. The van der Waals surface area contributed by atoms with Crippen LogP contribution < -0.4 is 10.5 Å². The SMILES string of the molecule is CNS(=O)(=O)c1ccc(SCCC(=O)OC)cc1N. The lowest BCUT2D eigenvalue weighted by Crippen LogP contribution is -2.19. The van der Waals surface area contributed by atoms with E-state index in [0.29, 0.717) is 5.75 Å². The van der Waals surface area contributed by atoms with E-state index in [1.165, 1.54) is 32.0 Å². The van der Waals surface area contributed by atoms with Crippen molar-refractivity contribution in [2.24, 2.45) is 0 Å². The quantitative estimate of drug-likeness (QED) is 0.459. The Balaban J connectivity index is 2.75. The number of ether oxygens (including phenoxy) is 1. The first-order chi connectivity index (χ1) is 8.90. The number of hydrogen-bond donors (Lipinski definition) is 2. The summed E-state index contributed by atoms with van der Waals surface area (Å²) in [6.07, 6.45) is 0.289. The molecular weight excluding hydrogens is 288 g/mol. The molecular formula is C11H16N2O4S2. The van der Waals surface area contributed by atoms with E-state index in [9.17, 15) is 13.2 Å². The van der Waals surface area contributed by atoms with Gasteiger partial charge in [-0.25, -0.2) is 13.1 Å². The Bertz CT molecular complexity index is 558. The molecule has 0 amide bonds. The minimum Gasteiger partial charge on any atom is -0.469 e. The molecule has 0 saturated carbocycles. The van der Waals surface area contributed by atoms with Crippen LogP contribution in [0.1, 0.15) is 6.42 Å². The Kier molecular flexibility index (Phi) is 5.64. The maximum absolute atomic E-state index is 11.6. The van der Waals surface area contributed by atoms with Crippen LogP contribution in [0.15, 0.2) is 28.0 Å². The number of thioether (sulfide) groups is 1. The number of nitrogen functional groups attached to an aromatic ring is 1. The average molecular weight is 304 g/mol. The van der Waals surface area contributed by atoms with Crippen LogP contribution in [0.2, 0.25) is 0 Å².